The van der Waals surface area contributed by atoms with E-state index in [4.69, 9.17) is 4.42 Å². The molecule has 1 aliphatic heterocycles. The highest BCUT2D eigenvalue weighted by Crippen LogP contribution is 2.20. The molecule has 0 saturated carbocycles. The van der Waals surface area contributed by atoms with Crippen molar-refractivity contribution in [2.45, 2.75) is 12.8 Å². The molecule has 7 heteroatoms. The Morgan fingerprint density at radius 3 is 2.68 bits per heavy atom. The predicted molar refractivity (Wildman–Crippen MR) is 91.4 cm³/mol. The van der Waals surface area contributed by atoms with Gasteiger partial charge in [-0.1, -0.05) is 12.1 Å². The second-order valence-corrected chi connectivity index (χ2v) is 6.12. The quantitative estimate of drug-likeness (QED) is 0.794. The zero-order valence-corrected chi connectivity index (χ0v) is 13.6. The number of aromatic nitrogens is 2. The first kappa shape index (κ1) is 15.4. The molecule has 128 valence electrons. The second kappa shape index (κ2) is 6.43. The second-order valence-electron chi connectivity index (χ2n) is 6.12. The fourth-order valence-corrected chi connectivity index (χ4v) is 3.16. The SMILES string of the molecule is O=C(Nn1cnc2ccccc21)C1CCN(C(=O)c2ccco2)CC1. The van der Waals surface area contributed by atoms with Crippen molar-refractivity contribution in [3.8, 4) is 0 Å². The lowest BCUT2D eigenvalue weighted by molar-refractivity contribution is -0.122. The van der Waals surface area contributed by atoms with Gasteiger partial charge in [-0.25, -0.2) is 9.66 Å². The standard InChI is InChI=1S/C18H18N4O3/c23-17(20-22-12-19-14-4-1-2-5-15(14)22)13-7-9-21(10-8-13)18(24)16-6-3-11-25-16/h1-6,11-13H,7-10H2,(H,20,23). The molecule has 7 nitrogen and oxygen atoms in total. The predicted octanol–water partition coefficient (Wildman–Crippen LogP) is 2.25. The van der Waals surface area contributed by atoms with E-state index in [-0.39, 0.29) is 17.7 Å². The van der Waals surface area contributed by atoms with E-state index < -0.39 is 0 Å². The van der Waals surface area contributed by atoms with Crippen LogP contribution >= 0.6 is 0 Å². The molecule has 25 heavy (non-hydrogen) atoms. The Morgan fingerprint density at radius 2 is 1.92 bits per heavy atom. The number of imidazole rings is 1. The fraction of sp³-hybridized carbons (Fsp3) is 0.278. The molecule has 3 heterocycles. The lowest BCUT2D eigenvalue weighted by Gasteiger charge is -2.30. The largest absolute Gasteiger partial charge is 0.459 e. The van der Waals surface area contributed by atoms with Crippen LogP contribution in [-0.4, -0.2) is 39.5 Å². The summed E-state index contributed by atoms with van der Waals surface area (Å²) in [6, 6.07) is 11.0. The first-order valence-electron chi connectivity index (χ1n) is 8.28. The summed E-state index contributed by atoms with van der Waals surface area (Å²) in [5, 5.41) is 0. The highest BCUT2D eigenvalue weighted by Gasteiger charge is 2.29. The fourth-order valence-electron chi connectivity index (χ4n) is 3.16. The van der Waals surface area contributed by atoms with Gasteiger partial charge in [0.05, 0.1) is 17.3 Å². The van der Waals surface area contributed by atoms with Crippen molar-refractivity contribution in [2.75, 3.05) is 18.5 Å². The third-order valence-electron chi connectivity index (χ3n) is 4.57. The van der Waals surface area contributed by atoms with Crippen LogP contribution in [0.4, 0.5) is 0 Å². The monoisotopic (exact) mass is 338 g/mol. The minimum atomic E-state index is -0.123. The molecule has 0 atom stereocenters. The number of piperidine rings is 1. The number of nitrogens with zero attached hydrogens (tertiary/aromatic N) is 3. The van der Waals surface area contributed by atoms with E-state index in [2.05, 4.69) is 10.4 Å². The lowest BCUT2D eigenvalue weighted by Crippen LogP contribution is -2.42. The summed E-state index contributed by atoms with van der Waals surface area (Å²) in [6.07, 6.45) is 4.36. The molecule has 4 rings (SSSR count). The van der Waals surface area contributed by atoms with Crippen LogP contribution in [0.3, 0.4) is 0 Å². The topological polar surface area (TPSA) is 80.4 Å². The van der Waals surface area contributed by atoms with Crippen molar-refractivity contribution < 1.29 is 14.0 Å². The molecule has 1 aliphatic rings. The minimum absolute atomic E-state index is 0.0479. The van der Waals surface area contributed by atoms with Crippen LogP contribution in [0.5, 0.6) is 0 Å². The zero-order chi connectivity index (χ0) is 17.2. The highest BCUT2D eigenvalue weighted by atomic mass is 16.3. The number of carbonyl (C=O) groups excluding carboxylic acids is 2. The summed E-state index contributed by atoms with van der Waals surface area (Å²) < 4.78 is 6.80. The minimum Gasteiger partial charge on any atom is -0.459 e. The number of likely N-dealkylation sites (tertiary alicyclic amines) is 1. The maximum absolute atomic E-state index is 12.5. The van der Waals surface area contributed by atoms with E-state index in [9.17, 15) is 9.59 Å². The third-order valence-corrected chi connectivity index (χ3v) is 4.57. The van der Waals surface area contributed by atoms with Gasteiger partial charge in [0.15, 0.2) is 5.76 Å². The molecule has 1 saturated heterocycles. The average molecular weight is 338 g/mol. The van der Waals surface area contributed by atoms with E-state index in [1.165, 1.54) is 6.26 Å². The van der Waals surface area contributed by atoms with Crippen LogP contribution in [0.15, 0.2) is 53.4 Å². The summed E-state index contributed by atoms with van der Waals surface area (Å²) in [5.74, 6) is 0.0484. The van der Waals surface area contributed by atoms with E-state index in [1.54, 1.807) is 28.0 Å². The number of fused-ring (bicyclic) bond motifs is 1. The zero-order valence-electron chi connectivity index (χ0n) is 13.6. The van der Waals surface area contributed by atoms with Gasteiger partial charge >= 0.3 is 0 Å². The Labute approximate surface area is 144 Å². The average Bonchev–Trinajstić information content (AvgIpc) is 3.32. The van der Waals surface area contributed by atoms with Gasteiger partial charge in [0, 0.05) is 19.0 Å². The van der Waals surface area contributed by atoms with Crippen molar-refractivity contribution >= 4 is 22.8 Å². The van der Waals surface area contributed by atoms with Gasteiger partial charge in [-0.2, -0.15) is 0 Å². The van der Waals surface area contributed by atoms with Crippen LogP contribution in [0.2, 0.25) is 0 Å². The van der Waals surface area contributed by atoms with E-state index in [0.717, 1.165) is 11.0 Å². The van der Waals surface area contributed by atoms with Gasteiger partial charge < -0.3 is 9.32 Å². The van der Waals surface area contributed by atoms with Crippen molar-refractivity contribution in [3.05, 3.63) is 54.7 Å². The summed E-state index contributed by atoms with van der Waals surface area (Å²) in [5.41, 5.74) is 4.60. The molecule has 1 N–H and O–H groups in total. The van der Waals surface area contributed by atoms with Gasteiger partial charge in [0.2, 0.25) is 5.91 Å². The van der Waals surface area contributed by atoms with Crippen LogP contribution < -0.4 is 5.43 Å². The van der Waals surface area contributed by atoms with Crippen LogP contribution in [0.25, 0.3) is 11.0 Å². The maximum Gasteiger partial charge on any atom is 0.289 e. The Balaban J connectivity index is 1.37. The lowest BCUT2D eigenvalue weighted by atomic mass is 9.96. The van der Waals surface area contributed by atoms with Gasteiger partial charge in [-0.15, -0.1) is 0 Å². The van der Waals surface area contributed by atoms with Crippen LogP contribution in [0, 0.1) is 5.92 Å². The van der Waals surface area contributed by atoms with Gasteiger partial charge in [0.25, 0.3) is 5.91 Å². The van der Waals surface area contributed by atoms with Crippen LogP contribution in [-0.2, 0) is 4.79 Å². The molecule has 0 radical (unpaired) electrons. The first-order valence-corrected chi connectivity index (χ1v) is 8.28. The third kappa shape index (κ3) is 3.00. The molecule has 0 bridgehead atoms. The van der Waals surface area contributed by atoms with Crippen molar-refractivity contribution in [1.29, 1.82) is 0 Å². The molecule has 0 aliphatic carbocycles. The normalized spacial score (nSPS) is 15.4. The highest BCUT2D eigenvalue weighted by molar-refractivity contribution is 5.92. The number of para-hydroxylation sites is 2. The Kier molecular flexibility index (Phi) is 3.97. The molecule has 2 amide bonds. The summed E-state index contributed by atoms with van der Waals surface area (Å²) >= 11 is 0. The number of benzene rings is 1. The van der Waals surface area contributed by atoms with Crippen molar-refractivity contribution in [3.63, 3.8) is 0 Å². The molecule has 1 fully saturated rings. The number of nitrogens with one attached hydrogen (secondary N) is 1. The number of hydrogen-bond donors (Lipinski definition) is 1. The molecular formula is C18H18N4O3. The van der Waals surface area contributed by atoms with E-state index in [1.807, 2.05) is 24.3 Å². The molecule has 0 spiro atoms. The Bertz CT molecular complexity index is 892. The first-order chi connectivity index (χ1) is 12.2. The number of furan rings is 1. The van der Waals surface area contributed by atoms with Gasteiger partial charge in [0.1, 0.15) is 6.33 Å². The Hall–Kier alpha value is -3.09. The molecule has 2 aromatic heterocycles. The molecular weight excluding hydrogens is 320 g/mol. The van der Waals surface area contributed by atoms with E-state index in [0.29, 0.717) is 31.7 Å². The van der Waals surface area contributed by atoms with Crippen molar-refractivity contribution in [1.82, 2.24) is 14.6 Å². The van der Waals surface area contributed by atoms with Crippen molar-refractivity contribution in [2.24, 2.45) is 5.92 Å². The van der Waals surface area contributed by atoms with Gasteiger partial charge in [-0.3, -0.25) is 15.0 Å². The number of hydrogen-bond acceptors (Lipinski definition) is 4. The number of rotatable bonds is 3. The number of carbonyl (C=O) groups is 2. The van der Waals surface area contributed by atoms with E-state index >= 15 is 0 Å². The van der Waals surface area contributed by atoms with Gasteiger partial charge in [-0.05, 0) is 37.1 Å². The summed E-state index contributed by atoms with van der Waals surface area (Å²) in [7, 11) is 0. The molecule has 1 aromatic carbocycles. The Morgan fingerprint density at radius 1 is 1.12 bits per heavy atom. The van der Waals surface area contributed by atoms with Crippen LogP contribution in [0.1, 0.15) is 23.4 Å². The maximum atomic E-state index is 12.5. The molecule has 3 aromatic rings. The summed E-state index contributed by atoms with van der Waals surface area (Å²) in [4.78, 5) is 30.8. The number of amides is 2. The summed E-state index contributed by atoms with van der Waals surface area (Å²) in [6.45, 7) is 1.09. The molecule has 0 unspecified atom stereocenters. The smallest absolute Gasteiger partial charge is 0.289 e.